The second-order valence-corrected chi connectivity index (χ2v) is 6.67. The molecule has 1 fully saturated rings. The fourth-order valence-electron chi connectivity index (χ4n) is 3.23. The first-order valence-corrected chi connectivity index (χ1v) is 9.00. The molecule has 0 radical (unpaired) electrons. The number of hydrogen-bond acceptors (Lipinski definition) is 5. The van der Waals surface area contributed by atoms with Gasteiger partial charge in [0.15, 0.2) is 12.4 Å². The molecule has 144 valence electrons. The van der Waals surface area contributed by atoms with Crippen molar-refractivity contribution in [1.29, 1.82) is 5.26 Å². The molecule has 4 N–H and O–H groups in total. The molecular formula is C19H25N5O3. The number of carbonyl (C=O) groups is 2. The maximum atomic E-state index is 12.0. The standard InChI is InChI=1S/C19H25N5O3/c1-14(25)23-19(9-4-2-3-5-10-19)18(21)24-27-13-17(26)22-16-8-6-7-15(11-16)12-20/h6-8,11H,2-5,9-10,13H2,1H3,(H2,21,24)(H,22,26)(H,23,25). The molecule has 1 saturated carbocycles. The van der Waals surface area contributed by atoms with Crippen molar-refractivity contribution in [3.8, 4) is 6.07 Å². The Kier molecular flexibility index (Phi) is 7.17. The van der Waals surface area contributed by atoms with E-state index >= 15 is 0 Å². The van der Waals surface area contributed by atoms with Crippen LogP contribution in [0.3, 0.4) is 0 Å². The summed E-state index contributed by atoms with van der Waals surface area (Å²) >= 11 is 0. The molecule has 1 aromatic carbocycles. The van der Waals surface area contributed by atoms with Gasteiger partial charge in [-0.1, -0.05) is 36.9 Å². The molecule has 0 aliphatic heterocycles. The van der Waals surface area contributed by atoms with Crippen LogP contribution in [0, 0.1) is 11.3 Å². The van der Waals surface area contributed by atoms with Crippen LogP contribution < -0.4 is 16.4 Å². The minimum atomic E-state index is -0.722. The van der Waals surface area contributed by atoms with Crippen LogP contribution in [0.25, 0.3) is 0 Å². The Labute approximate surface area is 158 Å². The molecule has 8 nitrogen and oxygen atoms in total. The molecule has 2 amide bonds. The summed E-state index contributed by atoms with van der Waals surface area (Å²) in [7, 11) is 0. The van der Waals surface area contributed by atoms with Gasteiger partial charge in [0.2, 0.25) is 5.91 Å². The summed E-state index contributed by atoms with van der Waals surface area (Å²) in [6, 6.07) is 8.56. The third kappa shape index (κ3) is 5.99. The average molecular weight is 371 g/mol. The first-order valence-electron chi connectivity index (χ1n) is 9.00. The molecule has 1 aliphatic rings. The van der Waals surface area contributed by atoms with Crippen LogP contribution in [0.4, 0.5) is 5.69 Å². The number of nitrogens with two attached hydrogens (primary N) is 1. The van der Waals surface area contributed by atoms with E-state index in [1.165, 1.54) is 6.92 Å². The molecule has 0 aromatic heterocycles. The number of nitrogens with zero attached hydrogens (tertiary/aromatic N) is 2. The van der Waals surface area contributed by atoms with Crippen LogP contribution >= 0.6 is 0 Å². The van der Waals surface area contributed by atoms with Crippen molar-refractivity contribution in [2.24, 2.45) is 10.9 Å². The Morgan fingerprint density at radius 1 is 1.30 bits per heavy atom. The lowest BCUT2D eigenvalue weighted by Crippen LogP contribution is -2.56. The maximum absolute atomic E-state index is 12.0. The highest BCUT2D eigenvalue weighted by molar-refractivity contribution is 5.94. The maximum Gasteiger partial charge on any atom is 0.265 e. The fourth-order valence-corrected chi connectivity index (χ4v) is 3.23. The Bertz CT molecular complexity index is 746. The van der Waals surface area contributed by atoms with Crippen molar-refractivity contribution in [3.63, 3.8) is 0 Å². The molecule has 0 heterocycles. The van der Waals surface area contributed by atoms with Crippen molar-refractivity contribution in [1.82, 2.24) is 5.32 Å². The molecule has 0 unspecified atom stereocenters. The van der Waals surface area contributed by atoms with Crippen molar-refractivity contribution in [2.75, 3.05) is 11.9 Å². The van der Waals surface area contributed by atoms with E-state index in [4.69, 9.17) is 15.8 Å². The summed E-state index contributed by atoms with van der Waals surface area (Å²) < 4.78 is 0. The molecule has 1 aromatic rings. The largest absolute Gasteiger partial charge is 0.384 e. The average Bonchev–Trinajstić information content (AvgIpc) is 2.87. The van der Waals surface area contributed by atoms with Crippen LogP contribution in [0.5, 0.6) is 0 Å². The number of hydrogen-bond donors (Lipinski definition) is 3. The lowest BCUT2D eigenvalue weighted by atomic mass is 9.89. The van der Waals surface area contributed by atoms with Gasteiger partial charge in [0.1, 0.15) is 5.54 Å². The lowest BCUT2D eigenvalue weighted by molar-refractivity contribution is -0.121. The molecule has 0 saturated heterocycles. The monoisotopic (exact) mass is 371 g/mol. The lowest BCUT2D eigenvalue weighted by Gasteiger charge is -2.32. The van der Waals surface area contributed by atoms with Crippen molar-refractivity contribution in [2.45, 2.75) is 51.0 Å². The highest BCUT2D eigenvalue weighted by Gasteiger charge is 2.36. The number of nitriles is 1. The van der Waals surface area contributed by atoms with Crippen LogP contribution in [-0.2, 0) is 14.4 Å². The third-order valence-corrected chi connectivity index (χ3v) is 4.50. The molecule has 0 spiro atoms. The van der Waals surface area contributed by atoms with E-state index < -0.39 is 11.4 Å². The van der Waals surface area contributed by atoms with Crippen LogP contribution in [-0.4, -0.2) is 29.8 Å². The molecule has 1 aliphatic carbocycles. The van der Waals surface area contributed by atoms with Gasteiger partial charge in [-0.25, -0.2) is 0 Å². The Hall–Kier alpha value is -3.08. The Balaban J connectivity index is 1.96. The Morgan fingerprint density at radius 2 is 2.00 bits per heavy atom. The minimum Gasteiger partial charge on any atom is -0.384 e. The topological polar surface area (TPSA) is 130 Å². The van der Waals surface area contributed by atoms with Crippen LogP contribution in [0.15, 0.2) is 29.4 Å². The number of rotatable bonds is 6. The minimum absolute atomic E-state index is 0.176. The number of amidine groups is 1. The predicted octanol–water partition coefficient (Wildman–Crippen LogP) is 2.01. The summed E-state index contributed by atoms with van der Waals surface area (Å²) in [5.41, 5.74) is 6.34. The van der Waals surface area contributed by atoms with Gasteiger partial charge in [0, 0.05) is 12.6 Å². The smallest absolute Gasteiger partial charge is 0.265 e. The van der Waals surface area contributed by atoms with E-state index in [0.717, 1.165) is 25.7 Å². The summed E-state index contributed by atoms with van der Waals surface area (Å²) in [6.07, 6.45) is 5.43. The number of amides is 2. The van der Waals surface area contributed by atoms with Gasteiger partial charge in [-0.05, 0) is 31.0 Å². The van der Waals surface area contributed by atoms with Gasteiger partial charge in [-0.2, -0.15) is 5.26 Å². The highest BCUT2D eigenvalue weighted by atomic mass is 16.6. The van der Waals surface area contributed by atoms with E-state index in [2.05, 4.69) is 15.8 Å². The number of carbonyl (C=O) groups excluding carboxylic acids is 2. The SMILES string of the molecule is CC(=O)NC1(/C(N)=N\OCC(=O)Nc2cccc(C#N)c2)CCCCCC1. The van der Waals surface area contributed by atoms with Crippen molar-refractivity contribution in [3.05, 3.63) is 29.8 Å². The summed E-state index contributed by atoms with van der Waals surface area (Å²) in [5.74, 6) is -0.417. The number of oxime groups is 1. The van der Waals surface area contributed by atoms with E-state index in [9.17, 15) is 9.59 Å². The zero-order valence-electron chi connectivity index (χ0n) is 15.5. The molecule has 27 heavy (non-hydrogen) atoms. The van der Waals surface area contributed by atoms with Crippen LogP contribution in [0.1, 0.15) is 51.0 Å². The molecule has 2 rings (SSSR count). The van der Waals surface area contributed by atoms with Crippen molar-refractivity contribution >= 4 is 23.3 Å². The molecule has 0 atom stereocenters. The van der Waals surface area contributed by atoms with E-state index in [1.807, 2.05) is 6.07 Å². The quantitative estimate of drug-likeness (QED) is 0.305. The van der Waals surface area contributed by atoms with E-state index in [-0.39, 0.29) is 18.3 Å². The highest BCUT2D eigenvalue weighted by Crippen LogP contribution is 2.27. The molecular weight excluding hydrogens is 346 g/mol. The van der Waals surface area contributed by atoms with Gasteiger partial charge >= 0.3 is 0 Å². The summed E-state index contributed by atoms with van der Waals surface area (Å²) in [6.45, 7) is 1.12. The second-order valence-electron chi connectivity index (χ2n) is 6.67. The first kappa shape index (κ1) is 20.2. The number of benzene rings is 1. The predicted molar refractivity (Wildman–Crippen MR) is 102 cm³/mol. The van der Waals surface area contributed by atoms with E-state index in [1.54, 1.807) is 24.3 Å². The van der Waals surface area contributed by atoms with Crippen molar-refractivity contribution < 1.29 is 14.4 Å². The zero-order valence-corrected chi connectivity index (χ0v) is 15.5. The summed E-state index contributed by atoms with van der Waals surface area (Å²) in [4.78, 5) is 28.7. The first-order chi connectivity index (χ1) is 12.9. The van der Waals surface area contributed by atoms with Gasteiger partial charge in [0.25, 0.3) is 5.91 Å². The third-order valence-electron chi connectivity index (χ3n) is 4.50. The normalized spacial score (nSPS) is 16.5. The zero-order chi connectivity index (χ0) is 19.7. The fraction of sp³-hybridized carbons (Fsp3) is 0.474. The van der Waals surface area contributed by atoms with Crippen LogP contribution in [0.2, 0.25) is 0 Å². The van der Waals surface area contributed by atoms with Gasteiger partial charge in [-0.3, -0.25) is 9.59 Å². The van der Waals surface area contributed by atoms with Gasteiger partial charge < -0.3 is 21.2 Å². The molecule has 0 bridgehead atoms. The van der Waals surface area contributed by atoms with Gasteiger partial charge in [0.05, 0.1) is 11.6 Å². The molecule has 8 heteroatoms. The number of nitrogens with one attached hydrogen (secondary N) is 2. The number of anilines is 1. The van der Waals surface area contributed by atoms with Gasteiger partial charge in [-0.15, -0.1) is 0 Å². The summed E-state index contributed by atoms with van der Waals surface area (Å²) in [5, 5.41) is 18.3. The second kappa shape index (κ2) is 9.57. The van der Waals surface area contributed by atoms with E-state index in [0.29, 0.717) is 24.1 Å². The Morgan fingerprint density at radius 3 is 2.63 bits per heavy atom.